The first-order valence-corrected chi connectivity index (χ1v) is 9.88. The van der Waals surface area contributed by atoms with Crippen LogP contribution in [0.3, 0.4) is 0 Å². The van der Waals surface area contributed by atoms with Crippen LogP contribution in [0.15, 0.2) is 60.7 Å². The van der Waals surface area contributed by atoms with E-state index in [1.165, 1.54) is 7.11 Å². The summed E-state index contributed by atoms with van der Waals surface area (Å²) in [4.78, 5) is 11.2. The Hall–Kier alpha value is -3.49. The summed E-state index contributed by atoms with van der Waals surface area (Å²) < 4.78 is 37.6. The number of carbonyl (C=O) groups is 1. The van der Waals surface area contributed by atoms with E-state index in [0.29, 0.717) is 11.5 Å². The number of aliphatic hydroxyl groups is 1. The first-order valence-electron chi connectivity index (χ1n) is 9.88. The van der Waals surface area contributed by atoms with Crippen molar-refractivity contribution >= 4 is 5.97 Å². The van der Waals surface area contributed by atoms with E-state index in [1.54, 1.807) is 24.3 Å². The quantitative estimate of drug-likeness (QED) is 0.432. The molecular weight excluding hydrogens is 420 g/mol. The van der Waals surface area contributed by atoms with Crippen LogP contribution in [-0.2, 0) is 11.3 Å². The lowest BCUT2D eigenvalue weighted by Crippen LogP contribution is -2.37. The van der Waals surface area contributed by atoms with Crippen molar-refractivity contribution < 1.29 is 33.3 Å². The van der Waals surface area contributed by atoms with Gasteiger partial charge in [-0.2, -0.15) is 0 Å². The van der Waals surface area contributed by atoms with Gasteiger partial charge < -0.3 is 25.0 Å². The van der Waals surface area contributed by atoms with Crippen LogP contribution >= 0.6 is 0 Å². The molecule has 168 valence electrons. The summed E-state index contributed by atoms with van der Waals surface area (Å²) in [6.07, 6.45) is 0.104. The lowest BCUT2D eigenvalue weighted by molar-refractivity contribution is -0.140. The second-order valence-electron chi connectivity index (χ2n) is 7.04. The van der Waals surface area contributed by atoms with Crippen molar-refractivity contribution in [2.75, 3.05) is 13.7 Å². The predicted octanol–water partition coefficient (Wildman–Crippen LogP) is 4.36. The molecule has 32 heavy (non-hydrogen) atoms. The summed E-state index contributed by atoms with van der Waals surface area (Å²) in [7, 11) is 1.53. The molecule has 0 radical (unpaired) electrons. The molecule has 0 aliphatic rings. The fourth-order valence-corrected chi connectivity index (χ4v) is 3.18. The van der Waals surface area contributed by atoms with E-state index < -0.39 is 23.6 Å². The largest absolute Gasteiger partial charge is 0.496 e. The van der Waals surface area contributed by atoms with Crippen molar-refractivity contribution in [1.82, 2.24) is 5.32 Å². The Morgan fingerprint density at radius 3 is 2.22 bits per heavy atom. The third kappa shape index (κ3) is 6.03. The van der Waals surface area contributed by atoms with Gasteiger partial charge in [-0.25, -0.2) is 8.78 Å². The summed E-state index contributed by atoms with van der Waals surface area (Å²) in [6, 6.07) is 14.6. The zero-order chi connectivity index (χ0) is 23.1. The van der Waals surface area contributed by atoms with Crippen molar-refractivity contribution in [1.29, 1.82) is 0 Å². The van der Waals surface area contributed by atoms with Crippen LogP contribution in [0, 0.1) is 11.6 Å². The van der Waals surface area contributed by atoms with Crippen LogP contribution in [-0.4, -0.2) is 35.9 Å². The molecule has 1 atom stereocenters. The normalized spacial score (nSPS) is 11.8. The number of rotatable bonds is 10. The van der Waals surface area contributed by atoms with Crippen molar-refractivity contribution in [3.8, 4) is 28.4 Å². The third-order valence-corrected chi connectivity index (χ3v) is 4.80. The topological polar surface area (TPSA) is 88.0 Å². The van der Waals surface area contributed by atoms with Gasteiger partial charge >= 0.3 is 5.97 Å². The molecule has 0 heterocycles. The van der Waals surface area contributed by atoms with E-state index >= 15 is 0 Å². The number of nitrogens with one attached hydrogen (secondary N) is 1. The van der Waals surface area contributed by atoms with E-state index in [1.807, 2.05) is 18.2 Å². The fraction of sp³-hybridized carbons (Fsp3) is 0.208. The van der Waals surface area contributed by atoms with E-state index in [2.05, 4.69) is 5.32 Å². The van der Waals surface area contributed by atoms with Gasteiger partial charge in [0.15, 0.2) is 0 Å². The zero-order valence-corrected chi connectivity index (χ0v) is 17.3. The Morgan fingerprint density at radius 1 is 0.969 bits per heavy atom. The number of aliphatic carboxylic acids is 1. The van der Waals surface area contributed by atoms with E-state index in [4.69, 9.17) is 14.6 Å². The van der Waals surface area contributed by atoms with Crippen molar-refractivity contribution in [3.05, 3.63) is 77.9 Å². The number of halogens is 2. The summed E-state index contributed by atoms with van der Waals surface area (Å²) >= 11 is 0. The molecule has 8 heteroatoms. The number of aliphatic hydroxyl groups excluding tert-OH is 1. The summed E-state index contributed by atoms with van der Waals surface area (Å²) in [5.41, 5.74) is 2.50. The van der Waals surface area contributed by atoms with Crippen molar-refractivity contribution in [2.24, 2.45) is 0 Å². The van der Waals surface area contributed by atoms with Crippen molar-refractivity contribution in [3.63, 3.8) is 0 Å². The number of methoxy groups -OCH3 is 1. The Labute approximate surface area is 184 Å². The Kier molecular flexibility index (Phi) is 7.75. The van der Waals surface area contributed by atoms with Gasteiger partial charge in [-0.3, -0.25) is 4.79 Å². The minimum atomic E-state index is -1.03. The highest BCUT2D eigenvalue weighted by molar-refractivity contribution is 5.73. The molecule has 0 aliphatic carbocycles. The van der Waals surface area contributed by atoms with Gasteiger partial charge in [-0.15, -0.1) is 0 Å². The molecular formula is C24H23F2NO5. The second-order valence-corrected chi connectivity index (χ2v) is 7.04. The summed E-state index contributed by atoms with van der Waals surface area (Å²) in [5, 5.41) is 21.1. The van der Waals surface area contributed by atoms with Crippen LogP contribution in [0.4, 0.5) is 8.78 Å². The number of carboxylic acid groups (broad SMARTS) is 1. The number of ether oxygens (including phenoxy) is 2. The molecule has 0 spiro atoms. The maximum absolute atomic E-state index is 13.3. The van der Waals surface area contributed by atoms with Gasteiger partial charge in [-0.05, 0) is 35.7 Å². The first-order chi connectivity index (χ1) is 15.4. The fourth-order valence-electron chi connectivity index (χ4n) is 3.18. The molecule has 3 aromatic rings. The average Bonchev–Trinajstić information content (AvgIpc) is 2.76. The van der Waals surface area contributed by atoms with Crippen LogP contribution in [0.2, 0.25) is 0 Å². The first kappa shape index (κ1) is 23.2. The molecule has 6 nitrogen and oxygen atoms in total. The lowest BCUT2D eigenvalue weighted by Gasteiger charge is -2.16. The number of benzene rings is 3. The number of hydrogen-bond donors (Lipinski definition) is 3. The molecule has 0 aromatic heterocycles. The molecule has 0 amide bonds. The van der Waals surface area contributed by atoms with Crippen LogP contribution in [0.5, 0.6) is 17.2 Å². The maximum atomic E-state index is 13.3. The van der Waals surface area contributed by atoms with Gasteiger partial charge in [0.25, 0.3) is 0 Å². The Morgan fingerprint density at radius 2 is 1.62 bits per heavy atom. The van der Waals surface area contributed by atoms with E-state index in [0.717, 1.165) is 34.9 Å². The van der Waals surface area contributed by atoms with Crippen molar-refractivity contribution in [2.45, 2.75) is 19.0 Å². The standard InChI is InChI=1S/C24H23F2NO5/c1-31-23-10-16(2-3-17(23)14-27-22(8-9-28)24(29)30)15-4-6-20(7-5-15)32-21-12-18(25)11-19(26)13-21/h2-7,10-13,22,27-28H,8-9,14H2,1H3,(H,29,30)/t22-/m1/s1. The summed E-state index contributed by atoms with van der Waals surface area (Å²) in [6.45, 7) is 0.0330. The molecule has 0 aliphatic heterocycles. The molecule has 0 saturated carbocycles. The highest BCUT2D eigenvalue weighted by atomic mass is 19.1. The minimum Gasteiger partial charge on any atom is -0.496 e. The van der Waals surface area contributed by atoms with E-state index in [9.17, 15) is 18.7 Å². The Balaban J connectivity index is 1.73. The van der Waals surface area contributed by atoms with Gasteiger partial charge in [0.1, 0.15) is 34.9 Å². The smallest absolute Gasteiger partial charge is 0.320 e. The van der Waals surface area contributed by atoms with Gasteiger partial charge in [0, 0.05) is 36.9 Å². The van der Waals surface area contributed by atoms with Crippen LogP contribution in [0.1, 0.15) is 12.0 Å². The van der Waals surface area contributed by atoms with Crippen LogP contribution < -0.4 is 14.8 Å². The number of carboxylic acids is 1. The minimum absolute atomic E-state index is 0.0645. The highest BCUT2D eigenvalue weighted by Crippen LogP contribution is 2.30. The van der Waals surface area contributed by atoms with Gasteiger partial charge in [-0.1, -0.05) is 24.3 Å². The molecule has 3 aromatic carbocycles. The van der Waals surface area contributed by atoms with E-state index in [-0.39, 0.29) is 25.3 Å². The molecule has 0 saturated heterocycles. The third-order valence-electron chi connectivity index (χ3n) is 4.80. The zero-order valence-electron chi connectivity index (χ0n) is 17.3. The second kappa shape index (κ2) is 10.7. The predicted molar refractivity (Wildman–Crippen MR) is 115 cm³/mol. The molecule has 0 bridgehead atoms. The lowest BCUT2D eigenvalue weighted by atomic mass is 10.0. The van der Waals surface area contributed by atoms with Gasteiger partial charge in [0.2, 0.25) is 0 Å². The Bertz CT molecular complexity index is 1050. The van der Waals surface area contributed by atoms with Crippen LogP contribution in [0.25, 0.3) is 11.1 Å². The average molecular weight is 443 g/mol. The molecule has 0 fully saturated rings. The summed E-state index contributed by atoms with van der Waals surface area (Å²) in [5.74, 6) is -1.39. The molecule has 3 N–H and O–H groups in total. The van der Waals surface area contributed by atoms with Gasteiger partial charge in [0.05, 0.1) is 7.11 Å². The maximum Gasteiger partial charge on any atom is 0.320 e. The highest BCUT2D eigenvalue weighted by Gasteiger charge is 2.17. The monoisotopic (exact) mass is 443 g/mol. The molecule has 3 rings (SSSR count). The molecule has 0 unspecified atom stereocenters. The number of hydrogen-bond acceptors (Lipinski definition) is 5. The SMILES string of the molecule is COc1cc(-c2ccc(Oc3cc(F)cc(F)c3)cc2)ccc1CN[C@H](CCO)C(=O)O.